The van der Waals surface area contributed by atoms with Gasteiger partial charge in [-0.15, -0.1) is 0 Å². The predicted octanol–water partition coefficient (Wildman–Crippen LogP) is 4.86. The molecule has 2 unspecified atom stereocenters. The van der Waals surface area contributed by atoms with Crippen LogP contribution >= 0.6 is 0 Å². The van der Waals surface area contributed by atoms with Gasteiger partial charge in [-0.2, -0.15) is 0 Å². The standard InChI is InChI=1S/C25H28N4O/c1-4-19(17-8-6-5-7-9-17)24(30)29-22-15-25(2,3)14-21-20(22)16-27-23(28-21)18-10-12-26-13-11-18/h5-13,16,19,22H,4,14-15H2,1-3H3,(H,29,30). The van der Waals surface area contributed by atoms with E-state index in [1.807, 2.05) is 48.7 Å². The third kappa shape index (κ3) is 4.25. The summed E-state index contributed by atoms with van der Waals surface area (Å²) >= 11 is 0. The first kappa shape index (κ1) is 20.2. The van der Waals surface area contributed by atoms with Gasteiger partial charge in [0, 0.05) is 29.7 Å². The lowest BCUT2D eigenvalue weighted by atomic mass is 9.74. The van der Waals surface area contributed by atoms with Gasteiger partial charge in [-0.3, -0.25) is 9.78 Å². The van der Waals surface area contributed by atoms with E-state index in [0.717, 1.165) is 41.6 Å². The Morgan fingerprint density at radius 2 is 1.90 bits per heavy atom. The molecule has 2 heterocycles. The summed E-state index contributed by atoms with van der Waals surface area (Å²) in [7, 11) is 0. The van der Waals surface area contributed by atoms with Gasteiger partial charge in [-0.1, -0.05) is 51.1 Å². The van der Waals surface area contributed by atoms with Gasteiger partial charge in [0.1, 0.15) is 0 Å². The maximum atomic E-state index is 13.2. The molecule has 0 bridgehead atoms. The number of hydrogen-bond acceptors (Lipinski definition) is 4. The molecule has 0 aliphatic heterocycles. The second kappa shape index (κ2) is 8.34. The fraction of sp³-hybridized carbons (Fsp3) is 0.360. The normalized spacial score (nSPS) is 18.3. The van der Waals surface area contributed by atoms with Crippen molar-refractivity contribution < 1.29 is 4.79 Å². The highest BCUT2D eigenvalue weighted by Gasteiger charge is 2.35. The molecular weight excluding hydrogens is 372 g/mol. The van der Waals surface area contributed by atoms with E-state index in [0.29, 0.717) is 5.82 Å². The Bertz CT molecular complexity index is 1020. The Morgan fingerprint density at radius 3 is 2.60 bits per heavy atom. The number of nitrogens with one attached hydrogen (secondary N) is 1. The van der Waals surface area contributed by atoms with Crippen molar-refractivity contribution in [3.8, 4) is 11.4 Å². The minimum absolute atomic E-state index is 0.0449. The molecule has 1 amide bonds. The van der Waals surface area contributed by atoms with E-state index in [1.165, 1.54) is 0 Å². The molecule has 30 heavy (non-hydrogen) atoms. The average molecular weight is 401 g/mol. The first-order valence-electron chi connectivity index (χ1n) is 10.6. The topological polar surface area (TPSA) is 67.8 Å². The van der Waals surface area contributed by atoms with E-state index in [2.05, 4.69) is 36.1 Å². The van der Waals surface area contributed by atoms with Crippen molar-refractivity contribution in [2.75, 3.05) is 0 Å². The van der Waals surface area contributed by atoms with E-state index in [9.17, 15) is 4.79 Å². The Morgan fingerprint density at radius 1 is 1.17 bits per heavy atom. The molecule has 0 radical (unpaired) electrons. The number of aromatic nitrogens is 3. The van der Waals surface area contributed by atoms with Crippen LogP contribution in [0.4, 0.5) is 0 Å². The first-order valence-corrected chi connectivity index (χ1v) is 10.6. The molecule has 1 aromatic carbocycles. The van der Waals surface area contributed by atoms with Gasteiger partial charge < -0.3 is 5.32 Å². The van der Waals surface area contributed by atoms with Crippen LogP contribution in [0.3, 0.4) is 0 Å². The van der Waals surface area contributed by atoms with Gasteiger partial charge in [0.05, 0.1) is 17.7 Å². The van der Waals surface area contributed by atoms with Crippen LogP contribution in [0.25, 0.3) is 11.4 Å². The second-order valence-corrected chi connectivity index (χ2v) is 8.81. The van der Waals surface area contributed by atoms with E-state index in [4.69, 9.17) is 4.98 Å². The van der Waals surface area contributed by atoms with Crippen LogP contribution in [0, 0.1) is 5.41 Å². The van der Waals surface area contributed by atoms with Crippen LogP contribution in [-0.2, 0) is 11.2 Å². The van der Waals surface area contributed by atoms with E-state index < -0.39 is 0 Å². The van der Waals surface area contributed by atoms with Crippen LogP contribution in [-0.4, -0.2) is 20.9 Å². The third-order valence-electron chi connectivity index (χ3n) is 5.86. The number of amides is 1. The smallest absolute Gasteiger partial charge is 0.228 e. The monoisotopic (exact) mass is 400 g/mol. The molecule has 2 aromatic heterocycles. The third-order valence-corrected chi connectivity index (χ3v) is 5.86. The molecule has 1 aliphatic carbocycles. The minimum Gasteiger partial charge on any atom is -0.349 e. The summed E-state index contributed by atoms with van der Waals surface area (Å²) in [5.41, 5.74) is 4.10. The van der Waals surface area contributed by atoms with Gasteiger partial charge >= 0.3 is 0 Å². The Hall–Kier alpha value is -3.08. The van der Waals surface area contributed by atoms with Crippen molar-refractivity contribution in [2.24, 2.45) is 5.41 Å². The largest absolute Gasteiger partial charge is 0.349 e. The molecule has 0 spiro atoms. The zero-order chi connectivity index (χ0) is 21.1. The van der Waals surface area contributed by atoms with Crippen molar-refractivity contribution in [2.45, 2.75) is 52.0 Å². The Labute approximate surface area is 178 Å². The molecule has 5 nitrogen and oxygen atoms in total. The first-order chi connectivity index (χ1) is 14.5. The summed E-state index contributed by atoms with van der Waals surface area (Å²) in [5.74, 6) is 0.613. The minimum atomic E-state index is -0.156. The van der Waals surface area contributed by atoms with E-state index in [-0.39, 0.29) is 23.3 Å². The SMILES string of the molecule is CCC(C(=O)NC1CC(C)(C)Cc2nc(-c3ccncc3)ncc21)c1ccccc1. The lowest BCUT2D eigenvalue weighted by Gasteiger charge is -2.37. The molecule has 1 aliphatic rings. The number of fused-ring (bicyclic) bond motifs is 1. The van der Waals surface area contributed by atoms with Crippen molar-refractivity contribution in [1.29, 1.82) is 0 Å². The highest BCUT2D eigenvalue weighted by molar-refractivity contribution is 5.84. The highest BCUT2D eigenvalue weighted by Crippen LogP contribution is 2.40. The van der Waals surface area contributed by atoms with Gasteiger partial charge in [0.2, 0.25) is 5.91 Å². The fourth-order valence-corrected chi connectivity index (χ4v) is 4.35. The summed E-state index contributed by atoms with van der Waals surface area (Å²) in [4.78, 5) is 26.7. The zero-order valence-electron chi connectivity index (χ0n) is 17.8. The summed E-state index contributed by atoms with van der Waals surface area (Å²) in [6.45, 7) is 6.52. The van der Waals surface area contributed by atoms with E-state index in [1.54, 1.807) is 12.4 Å². The van der Waals surface area contributed by atoms with Crippen LogP contribution in [0.15, 0.2) is 61.1 Å². The highest BCUT2D eigenvalue weighted by atomic mass is 16.1. The molecular formula is C25H28N4O. The maximum absolute atomic E-state index is 13.2. The molecule has 1 N–H and O–H groups in total. The van der Waals surface area contributed by atoms with Gasteiger partial charge in [0.15, 0.2) is 5.82 Å². The average Bonchev–Trinajstić information content (AvgIpc) is 2.74. The number of pyridine rings is 1. The van der Waals surface area contributed by atoms with Crippen molar-refractivity contribution in [3.05, 3.63) is 77.9 Å². The van der Waals surface area contributed by atoms with Crippen LogP contribution in [0.1, 0.15) is 62.4 Å². The number of hydrogen-bond donors (Lipinski definition) is 1. The van der Waals surface area contributed by atoms with Crippen LogP contribution in [0.5, 0.6) is 0 Å². The molecule has 0 saturated carbocycles. The molecule has 5 heteroatoms. The Balaban J connectivity index is 1.62. The molecule has 4 rings (SSSR count). The summed E-state index contributed by atoms with van der Waals surface area (Å²) in [6.07, 6.45) is 7.89. The van der Waals surface area contributed by atoms with Gasteiger partial charge in [0.25, 0.3) is 0 Å². The Kier molecular flexibility index (Phi) is 5.62. The molecule has 2 atom stereocenters. The number of carbonyl (C=O) groups excluding carboxylic acids is 1. The number of benzene rings is 1. The van der Waals surface area contributed by atoms with Crippen LogP contribution in [0.2, 0.25) is 0 Å². The quantitative estimate of drug-likeness (QED) is 0.664. The van der Waals surface area contributed by atoms with Crippen molar-refractivity contribution in [3.63, 3.8) is 0 Å². The van der Waals surface area contributed by atoms with Crippen LogP contribution < -0.4 is 5.32 Å². The van der Waals surface area contributed by atoms with Crippen molar-refractivity contribution in [1.82, 2.24) is 20.3 Å². The summed E-state index contributed by atoms with van der Waals surface area (Å²) in [5, 5.41) is 3.31. The predicted molar refractivity (Wildman–Crippen MR) is 118 cm³/mol. The maximum Gasteiger partial charge on any atom is 0.228 e. The van der Waals surface area contributed by atoms with Gasteiger partial charge in [-0.25, -0.2) is 9.97 Å². The molecule has 0 saturated heterocycles. The number of carbonyl (C=O) groups is 1. The second-order valence-electron chi connectivity index (χ2n) is 8.81. The van der Waals surface area contributed by atoms with Crippen molar-refractivity contribution >= 4 is 5.91 Å². The molecule has 0 fully saturated rings. The lowest BCUT2D eigenvalue weighted by molar-refractivity contribution is -0.123. The lowest BCUT2D eigenvalue weighted by Crippen LogP contribution is -2.39. The summed E-state index contributed by atoms with van der Waals surface area (Å²) < 4.78 is 0. The number of rotatable bonds is 5. The van der Waals surface area contributed by atoms with Gasteiger partial charge in [-0.05, 0) is 42.4 Å². The summed E-state index contributed by atoms with van der Waals surface area (Å²) in [6, 6.07) is 13.7. The zero-order valence-corrected chi connectivity index (χ0v) is 17.8. The number of nitrogens with zero attached hydrogens (tertiary/aromatic N) is 3. The molecule has 3 aromatic rings. The van der Waals surface area contributed by atoms with E-state index >= 15 is 0 Å². The fourth-order valence-electron chi connectivity index (χ4n) is 4.35. The molecule has 154 valence electrons.